The van der Waals surface area contributed by atoms with Crippen LogP contribution in [0.1, 0.15) is 37.2 Å². The first-order valence-corrected chi connectivity index (χ1v) is 8.80. The lowest BCUT2D eigenvalue weighted by molar-refractivity contribution is -0.0356. The highest BCUT2D eigenvalue weighted by molar-refractivity contribution is 9.10. The van der Waals surface area contributed by atoms with Crippen molar-refractivity contribution in [1.29, 1.82) is 0 Å². The topological polar surface area (TPSA) is 51.4 Å². The summed E-state index contributed by atoms with van der Waals surface area (Å²) in [6.45, 7) is 7.41. The first-order valence-electron chi connectivity index (χ1n) is 8.01. The van der Waals surface area contributed by atoms with Gasteiger partial charge >= 0.3 is 0 Å². The summed E-state index contributed by atoms with van der Waals surface area (Å²) in [4.78, 5) is 6.80. The van der Waals surface area contributed by atoms with Crippen molar-refractivity contribution in [2.24, 2.45) is 5.92 Å². The Morgan fingerprint density at radius 3 is 3.04 bits per heavy atom. The van der Waals surface area contributed by atoms with Crippen molar-refractivity contribution in [2.75, 3.05) is 19.7 Å². The van der Waals surface area contributed by atoms with Gasteiger partial charge in [-0.1, -0.05) is 47.1 Å². The van der Waals surface area contributed by atoms with E-state index in [1.807, 2.05) is 12.1 Å². The van der Waals surface area contributed by atoms with Crippen LogP contribution in [0.2, 0.25) is 0 Å². The average Bonchev–Trinajstić information content (AvgIpc) is 2.94. The Hall–Kier alpha value is -1.24. The first kappa shape index (κ1) is 16.6. The summed E-state index contributed by atoms with van der Waals surface area (Å²) in [5, 5.41) is 4.06. The molecule has 0 spiro atoms. The minimum absolute atomic E-state index is 0.0827. The molecule has 0 N–H and O–H groups in total. The standard InChI is InChI=1S/C17H22BrN3O2/c1-12(2)8-16-19-17(23-20-16)11-21-6-7-22-15(10-21)13-4-3-5-14(18)9-13/h3-5,9,12,15H,6-8,10-11H2,1-2H3. The second-order valence-electron chi connectivity index (χ2n) is 6.35. The third-order valence-corrected chi connectivity index (χ3v) is 4.32. The van der Waals surface area contributed by atoms with Crippen molar-refractivity contribution >= 4 is 15.9 Å². The van der Waals surface area contributed by atoms with Crippen molar-refractivity contribution in [1.82, 2.24) is 15.0 Å². The normalized spacial score (nSPS) is 19.4. The third-order valence-electron chi connectivity index (χ3n) is 3.83. The quantitative estimate of drug-likeness (QED) is 0.793. The smallest absolute Gasteiger partial charge is 0.240 e. The zero-order valence-corrected chi connectivity index (χ0v) is 15.1. The molecule has 2 heterocycles. The van der Waals surface area contributed by atoms with E-state index in [-0.39, 0.29) is 6.10 Å². The number of hydrogen-bond acceptors (Lipinski definition) is 5. The van der Waals surface area contributed by atoms with Crippen LogP contribution in [-0.4, -0.2) is 34.7 Å². The van der Waals surface area contributed by atoms with E-state index >= 15 is 0 Å². The van der Waals surface area contributed by atoms with Crippen molar-refractivity contribution in [3.05, 3.63) is 46.0 Å². The highest BCUT2D eigenvalue weighted by atomic mass is 79.9. The molecule has 3 rings (SSSR count). The molecule has 1 unspecified atom stereocenters. The molecule has 0 radical (unpaired) electrons. The van der Waals surface area contributed by atoms with E-state index in [1.54, 1.807) is 0 Å². The molecular formula is C17H22BrN3O2. The molecule has 0 bridgehead atoms. The van der Waals surface area contributed by atoms with Crippen LogP contribution in [0, 0.1) is 5.92 Å². The monoisotopic (exact) mass is 379 g/mol. The molecule has 1 aliphatic rings. The zero-order chi connectivity index (χ0) is 16.2. The van der Waals surface area contributed by atoms with Gasteiger partial charge < -0.3 is 9.26 Å². The van der Waals surface area contributed by atoms with Crippen LogP contribution in [0.25, 0.3) is 0 Å². The number of nitrogens with zero attached hydrogens (tertiary/aromatic N) is 3. The number of morpholine rings is 1. The summed E-state index contributed by atoms with van der Waals surface area (Å²) in [5.41, 5.74) is 1.19. The van der Waals surface area contributed by atoms with Gasteiger partial charge in [-0.05, 0) is 23.6 Å². The van der Waals surface area contributed by atoms with Crippen LogP contribution in [0.15, 0.2) is 33.3 Å². The number of hydrogen-bond donors (Lipinski definition) is 0. The molecule has 2 aromatic rings. The van der Waals surface area contributed by atoms with Gasteiger partial charge in [-0.25, -0.2) is 0 Å². The van der Waals surface area contributed by atoms with Gasteiger partial charge in [0.25, 0.3) is 0 Å². The second kappa shape index (κ2) is 7.55. The predicted octanol–water partition coefficient (Wildman–Crippen LogP) is 3.60. The minimum atomic E-state index is 0.0827. The molecule has 1 aromatic carbocycles. The summed E-state index contributed by atoms with van der Waals surface area (Å²) in [6, 6.07) is 8.28. The van der Waals surface area contributed by atoms with Gasteiger partial charge in [0.2, 0.25) is 5.89 Å². The maximum atomic E-state index is 5.92. The summed E-state index contributed by atoms with van der Waals surface area (Å²) in [7, 11) is 0. The molecule has 0 amide bonds. The molecule has 1 atom stereocenters. The number of ether oxygens (including phenoxy) is 1. The highest BCUT2D eigenvalue weighted by Crippen LogP contribution is 2.25. The zero-order valence-electron chi connectivity index (χ0n) is 13.5. The van der Waals surface area contributed by atoms with Crippen LogP contribution in [0.3, 0.4) is 0 Å². The van der Waals surface area contributed by atoms with Gasteiger partial charge in [0.1, 0.15) is 0 Å². The van der Waals surface area contributed by atoms with Gasteiger partial charge in [0.15, 0.2) is 5.82 Å². The Balaban J connectivity index is 1.61. The van der Waals surface area contributed by atoms with Gasteiger partial charge in [0.05, 0.1) is 19.3 Å². The van der Waals surface area contributed by atoms with Crippen molar-refractivity contribution in [2.45, 2.75) is 32.9 Å². The van der Waals surface area contributed by atoms with Crippen molar-refractivity contribution in [3.8, 4) is 0 Å². The number of aromatic nitrogens is 2. The molecule has 1 saturated heterocycles. The maximum Gasteiger partial charge on any atom is 0.240 e. The molecule has 1 aliphatic heterocycles. The average molecular weight is 380 g/mol. The fourth-order valence-electron chi connectivity index (χ4n) is 2.75. The number of benzene rings is 1. The van der Waals surface area contributed by atoms with E-state index < -0.39 is 0 Å². The summed E-state index contributed by atoms with van der Waals surface area (Å²) in [5.74, 6) is 2.02. The molecule has 1 fully saturated rings. The number of halogens is 1. The van der Waals surface area contributed by atoms with Crippen LogP contribution in [-0.2, 0) is 17.7 Å². The fraction of sp³-hybridized carbons (Fsp3) is 0.529. The Kier molecular flexibility index (Phi) is 5.46. The van der Waals surface area contributed by atoms with Gasteiger partial charge in [-0.2, -0.15) is 4.98 Å². The predicted molar refractivity (Wildman–Crippen MR) is 91.0 cm³/mol. The second-order valence-corrected chi connectivity index (χ2v) is 7.27. The molecule has 0 aliphatic carbocycles. The van der Waals surface area contributed by atoms with Crippen LogP contribution in [0.5, 0.6) is 0 Å². The van der Waals surface area contributed by atoms with E-state index in [4.69, 9.17) is 9.26 Å². The summed E-state index contributed by atoms with van der Waals surface area (Å²) < 4.78 is 12.4. The molecule has 0 saturated carbocycles. The highest BCUT2D eigenvalue weighted by Gasteiger charge is 2.23. The van der Waals surface area contributed by atoms with E-state index in [9.17, 15) is 0 Å². The lowest BCUT2D eigenvalue weighted by atomic mass is 10.1. The Labute approximate surface area is 145 Å². The van der Waals surface area contributed by atoms with E-state index in [2.05, 4.69) is 57.0 Å². The first-order chi connectivity index (χ1) is 11.1. The molecule has 124 valence electrons. The van der Waals surface area contributed by atoms with E-state index in [0.29, 0.717) is 25.0 Å². The Morgan fingerprint density at radius 2 is 2.26 bits per heavy atom. The SMILES string of the molecule is CC(C)Cc1noc(CN2CCOC(c3cccc(Br)c3)C2)n1. The van der Waals surface area contributed by atoms with Crippen molar-refractivity contribution in [3.63, 3.8) is 0 Å². The third kappa shape index (κ3) is 4.62. The minimum Gasteiger partial charge on any atom is -0.371 e. The largest absolute Gasteiger partial charge is 0.371 e. The fourth-order valence-corrected chi connectivity index (χ4v) is 3.17. The Morgan fingerprint density at radius 1 is 1.39 bits per heavy atom. The molecule has 23 heavy (non-hydrogen) atoms. The van der Waals surface area contributed by atoms with E-state index in [1.165, 1.54) is 5.56 Å². The van der Waals surface area contributed by atoms with Crippen molar-refractivity contribution < 1.29 is 9.26 Å². The van der Waals surface area contributed by atoms with E-state index in [0.717, 1.165) is 29.8 Å². The lowest BCUT2D eigenvalue weighted by Gasteiger charge is -2.32. The van der Waals surface area contributed by atoms with Gasteiger partial charge in [-0.15, -0.1) is 0 Å². The van der Waals surface area contributed by atoms with Crippen LogP contribution < -0.4 is 0 Å². The number of rotatable bonds is 5. The van der Waals surface area contributed by atoms with Crippen LogP contribution >= 0.6 is 15.9 Å². The summed E-state index contributed by atoms with van der Waals surface area (Å²) >= 11 is 3.52. The Bertz CT molecular complexity index is 644. The van der Waals surface area contributed by atoms with Crippen LogP contribution in [0.4, 0.5) is 0 Å². The van der Waals surface area contributed by atoms with Gasteiger partial charge in [-0.3, -0.25) is 4.90 Å². The molecule has 1 aromatic heterocycles. The maximum absolute atomic E-state index is 5.92. The summed E-state index contributed by atoms with van der Waals surface area (Å²) in [6.07, 6.45) is 0.937. The lowest BCUT2D eigenvalue weighted by Crippen LogP contribution is -2.37. The van der Waals surface area contributed by atoms with Gasteiger partial charge in [0, 0.05) is 24.0 Å². The molecule has 6 heteroatoms. The molecular weight excluding hydrogens is 358 g/mol. The molecule has 5 nitrogen and oxygen atoms in total.